The Hall–Kier alpha value is -2.77. The molecule has 0 aromatic heterocycles. The summed E-state index contributed by atoms with van der Waals surface area (Å²) in [7, 11) is 2.62. The molecule has 3 aliphatic heterocycles. The summed E-state index contributed by atoms with van der Waals surface area (Å²) in [6.07, 6.45) is -21.1. The lowest BCUT2D eigenvalue weighted by molar-refractivity contribution is -0.398. The third-order valence-electron chi connectivity index (χ3n) is 8.33. The van der Waals surface area contributed by atoms with Gasteiger partial charge in [0.2, 0.25) is 5.79 Å². The van der Waals surface area contributed by atoms with Crippen molar-refractivity contribution in [2.24, 2.45) is 0 Å². The number of ether oxygens (including phenoxy) is 8. The molecule has 0 saturated carbocycles. The SMILES string of the molecule is COc1cc(C=CC(=O)OC2C(O)C(CO)OC2(CO)OC2OC(CO)C(OC3OC(CO)C(O)C(O)C3O)C(O)C2O)c(OC)cc1O. The Morgan fingerprint density at radius 1 is 0.776 bits per heavy atom. The van der Waals surface area contributed by atoms with Crippen LogP contribution in [0.3, 0.4) is 0 Å². The number of aliphatic hydroxyl groups is 10. The highest BCUT2D eigenvalue weighted by Gasteiger charge is 2.61. The second-order valence-electron chi connectivity index (χ2n) is 11.4. The maximum Gasteiger partial charge on any atom is 0.331 e. The molecule has 1 aromatic rings. The Morgan fingerprint density at radius 2 is 1.39 bits per heavy atom. The normalized spacial score (nSPS) is 39.6. The molecule has 4 rings (SSSR count). The highest BCUT2D eigenvalue weighted by Crippen LogP contribution is 2.39. The van der Waals surface area contributed by atoms with Crippen molar-refractivity contribution in [1.82, 2.24) is 0 Å². The van der Waals surface area contributed by atoms with E-state index in [2.05, 4.69) is 0 Å². The molecule has 1 aromatic carbocycles. The minimum atomic E-state index is -2.54. The second-order valence-corrected chi connectivity index (χ2v) is 11.4. The van der Waals surface area contributed by atoms with Gasteiger partial charge in [-0.2, -0.15) is 0 Å². The molecule has 3 heterocycles. The Balaban J connectivity index is 1.53. The van der Waals surface area contributed by atoms with Gasteiger partial charge < -0.3 is 94.1 Å². The van der Waals surface area contributed by atoms with Crippen LogP contribution in [0, 0.1) is 0 Å². The third kappa shape index (κ3) is 7.93. The molecule has 0 amide bonds. The lowest BCUT2D eigenvalue weighted by Gasteiger charge is -2.47. The molecule has 14 atom stereocenters. The van der Waals surface area contributed by atoms with Gasteiger partial charge in [0.05, 0.1) is 34.0 Å². The van der Waals surface area contributed by atoms with Crippen LogP contribution < -0.4 is 9.47 Å². The summed E-state index contributed by atoms with van der Waals surface area (Å²) in [6.45, 7) is -3.74. The van der Waals surface area contributed by atoms with E-state index in [9.17, 15) is 61.0 Å². The van der Waals surface area contributed by atoms with Crippen molar-refractivity contribution in [1.29, 1.82) is 0 Å². The van der Waals surface area contributed by atoms with Gasteiger partial charge in [0.25, 0.3) is 0 Å². The number of carbonyl (C=O) groups excluding carboxylic acids is 1. The Labute approximate surface area is 278 Å². The molecule has 20 heteroatoms. The molecule has 3 saturated heterocycles. The third-order valence-corrected chi connectivity index (χ3v) is 8.33. The molecule has 0 radical (unpaired) electrons. The number of hydrogen-bond acceptors (Lipinski definition) is 20. The molecular formula is C29H42O20. The number of hydrogen-bond donors (Lipinski definition) is 11. The molecular weight excluding hydrogens is 668 g/mol. The number of esters is 1. The molecule has 0 spiro atoms. The fourth-order valence-corrected chi connectivity index (χ4v) is 5.62. The van der Waals surface area contributed by atoms with Crippen molar-refractivity contribution in [2.45, 2.75) is 85.5 Å². The molecule has 49 heavy (non-hydrogen) atoms. The predicted molar refractivity (Wildman–Crippen MR) is 155 cm³/mol. The first-order valence-electron chi connectivity index (χ1n) is 15.0. The summed E-state index contributed by atoms with van der Waals surface area (Å²) in [5.41, 5.74) is 0.262. The van der Waals surface area contributed by atoms with Crippen LogP contribution in [0.4, 0.5) is 0 Å². The summed E-state index contributed by atoms with van der Waals surface area (Å²) in [5, 5.41) is 113. The number of carbonyl (C=O) groups is 1. The van der Waals surface area contributed by atoms with Crippen molar-refractivity contribution in [3.8, 4) is 17.2 Å². The molecule has 3 fully saturated rings. The molecule has 11 N–H and O–H groups in total. The molecule has 278 valence electrons. The number of aliphatic hydroxyl groups excluding tert-OH is 10. The zero-order valence-electron chi connectivity index (χ0n) is 26.2. The van der Waals surface area contributed by atoms with E-state index in [1.165, 1.54) is 32.4 Å². The Kier molecular flexibility index (Phi) is 13.1. The number of phenols is 1. The Morgan fingerprint density at radius 3 is 1.98 bits per heavy atom. The average Bonchev–Trinajstić information content (AvgIpc) is 3.36. The largest absolute Gasteiger partial charge is 0.504 e. The summed E-state index contributed by atoms with van der Waals surface area (Å²) in [5.74, 6) is -3.70. The summed E-state index contributed by atoms with van der Waals surface area (Å²) < 4.78 is 43.2. The van der Waals surface area contributed by atoms with Crippen LogP contribution in [0.25, 0.3) is 6.08 Å². The smallest absolute Gasteiger partial charge is 0.331 e. The monoisotopic (exact) mass is 710 g/mol. The van der Waals surface area contributed by atoms with Gasteiger partial charge in [-0.05, 0) is 12.1 Å². The van der Waals surface area contributed by atoms with Crippen molar-refractivity contribution in [2.75, 3.05) is 40.6 Å². The van der Waals surface area contributed by atoms with E-state index < -0.39 is 118 Å². The number of rotatable bonds is 13. The van der Waals surface area contributed by atoms with Gasteiger partial charge >= 0.3 is 5.97 Å². The number of benzene rings is 1. The van der Waals surface area contributed by atoms with Gasteiger partial charge in [0.1, 0.15) is 73.4 Å². The Bertz CT molecular complexity index is 1280. The van der Waals surface area contributed by atoms with Crippen molar-refractivity contribution in [3.05, 3.63) is 23.8 Å². The van der Waals surface area contributed by atoms with Crippen molar-refractivity contribution >= 4 is 12.0 Å². The van der Waals surface area contributed by atoms with Crippen LogP contribution in [0.1, 0.15) is 5.56 Å². The van der Waals surface area contributed by atoms with Gasteiger partial charge in [-0.1, -0.05) is 0 Å². The molecule has 0 bridgehead atoms. The highest BCUT2D eigenvalue weighted by molar-refractivity contribution is 5.88. The summed E-state index contributed by atoms with van der Waals surface area (Å²) in [4.78, 5) is 12.9. The topological polar surface area (TPSA) is 313 Å². The first-order valence-corrected chi connectivity index (χ1v) is 15.0. The zero-order valence-corrected chi connectivity index (χ0v) is 26.2. The van der Waals surface area contributed by atoms with E-state index in [1.807, 2.05) is 0 Å². The first kappa shape index (κ1) is 39.0. The van der Waals surface area contributed by atoms with Crippen molar-refractivity contribution in [3.63, 3.8) is 0 Å². The van der Waals surface area contributed by atoms with Crippen LogP contribution in [0.2, 0.25) is 0 Å². The lowest BCUT2D eigenvalue weighted by Crippen LogP contribution is -2.66. The standard InChI is InChI=1S/C29H42O20/c1-42-13-6-12(34)14(43-2)5-11(13)3-4-18(35)46-26-20(37)16(8-31)48-29(26,10-33)49-28-24(41)22(39)25(17(9-32)45-28)47-27-23(40)21(38)19(36)15(7-30)44-27/h3-6,15-17,19-28,30-34,36-41H,7-10H2,1-2H3. The number of phenolic OH excluding ortho intramolecular Hbond substituents is 1. The highest BCUT2D eigenvalue weighted by atomic mass is 16.8. The fraction of sp³-hybridized carbons (Fsp3) is 0.690. The molecule has 14 unspecified atom stereocenters. The molecule has 0 aliphatic carbocycles. The average molecular weight is 711 g/mol. The van der Waals surface area contributed by atoms with Gasteiger partial charge in [0.15, 0.2) is 30.2 Å². The van der Waals surface area contributed by atoms with Crippen LogP contribution >= 0.6 is 0 Å². The minimum absolute atomic E-state index is 0.0576. The van der Waals surface area contributed by atoms with Crippen LogP contribution in [0.5, 0.6) is 17.2 Å². The zero-order chi connectivity index (χ0) is 36.2. The maximum atomic E-state index is 12.9. The number of methoxy groups -OCH3 is 2. The van der Waals surface area contributed by atoms with Crippen LogP contribution in [-0.2, 0) is 33.2 Å². The lowest BCUT2D eigenvalue weighted by atomic mass is 9.96. The molecule has 3 aliphatic rings. The summed E-state index contributed by atoms with van der Waals surface area (Å²) >= 11 is 0. The quantitative estimate of drug-likeness (QED) is 0.0671. The van der Waals surface area contributed by atoms with E-state index >= 15 is 0 Å². The number of aromatic hydroxyl groups is 1. The van der Waals surface area contributed by atoms with Gasteiger partial charge in [-0.3, -0.25) is 0 Å². The van der Waals surface area contributed by atoms with Crippen LogP contribution in [0.15, 0.2) is 18.2 Å². The summed E-state index contributed by atoms with van der Waals surface area (Å²) in [6, 6.07) is 2.59. The first-order chi connectivity index (χ1) is 23.3. The van der Waals surface area contributed by atoms with Crippen molar-refractivity contribution < 1.29 is 98.9 Å². The minimum Gasteiger partial charge on any atom is -0.504 e. The predicted octanol–water partition coefficient (Wildman–Crippen LogP) is -5.58. The second kappa shape index (κ2) is 16.5. The van der Waals surface area contributed by atoms with Crippen LogP contribution in [-0.4, -0.2) is 188 Å². The van der Waals surface area contributed by atoms with E-state index in [4.69, 9.17) is 37.9 Å². The van der Waals surface area contributed by atoms with Gasteiger partial charge in [-0.25, -0.2) is 4.79 Å². The van der Waals surface area contributed by atoms with E-state index in [0.717, 1.165) is 6.08 Å². The van der Waals surface area contributed by atoms with Gasteiger partial charge in [0, 0.05) is 17.7 Å². The molecule has 20 nitrogen and oxygen atoms in total. The van der Waals surface area contributed by atoms with E-state index in [-0.39, 0.29) is 22.8 Å². The maximum absolute atomic E-state index is 12.9. The fourth-order valence-electron chi connectivity index (χ4n) is 5.62. The van der Waals surface area contributed by atoms with E-state index in [1.54, 1.807) is 0 Å². The van der Waals surface area contributed by atoms with E-state index in [0.29, 0.717) is 0 Å². The van der Waals surface area contributed by atoms with Gasteiger partial charge in [-0.15, -0.1) is 0 Å².